The Hall–Kier alpha value is -2.41. The molecule has 0 unspecified atom stereocenters. The van der Waals surface area contributed by atoms with Crippen molar-refractivity contribution in [1.82, 2.24) is 4.98 Å². The largest absolute Gasteiger partial charge is 0.480 e. The zero-order chi connectivity index (χ0) is 18.7. The average molecular weight is 418 g/mol. The zero-order valence-electron chi connectivity index (χ0n) is 14.7. The summed E-state index contributed by atoms with van der Waals surface area (Å²) >= 11 is 3.29. The van der Waals surface area contributed by atoms with Crippen LogP contribution in [0.2, 0.25) is 0 Å². The Kier molecular flexibility index (Phi) is 5.56. The minimum absolute atomic E-state index is 0.102. The van der Waals surface area contributed by atoms with Crippen LogP contribution in [0, 0.1) is 0 Å². The molecular weight excluding hydrogens is 398 g/mol. The van der Waals surface area contributed by atoms with Crippen molar-refractivity contribution in [3.05, 3.63) is 46.1 Å². The standard InChI is InChI=1S/C19H20BrN3O3/c1-3-12-6-5-7-13(4-2)18(12)22-16(24)10-23-17(25)11-26-14-8-9-15(20)21-19(14)23/h5-9H,3-4,10-11H2,1-2H3,(H,22,24). The van der Waals surface area contributed by atoms with Crippen LogP contribution >= 0.6 is 15.9 Å². The molecule has 1 aromatic heterocycles. The summed E-state index contributed by atoms with van der Waals surface area (Å²) in [6.07, 6.45) is 1.63. The van der Waals surface area contributed by atoms with Gasteiger partial charge >= 0.3 is 0 Å². The van der Waals surface area contributed by atoms with Gasteiger partial charge in [-0.05, 0) is 52.0 Å². The number of anilines is 2. The first-order valence-electron chi connectivity index (χ1n) is 8.53. The molecule has 0 fully saturated rings. The molecule has 0 saturated carbocycles. The lowest BCUT2D eigenvalue weighted by atomic mass is 10.0. The highest BCUT2D eigenvalue weighted by Crippen LogP contribution is 2.31. The van der Waals surface area contributed by atoms with Crippen LogP contribution < -0.4 is 15.0 Å². The fourth-order valence-electron chi connectivity index (χ4n) is 2.94. The van der Waals surface area contributed by atoms with Crippen molar-refractivity contribution >= 4 is 39.2 Å². The number of aryl methyl sites for hydroxylation is 2. The Morgan fingerprint density at radius 2 is 1.92 bits per heavy atom. The number of halogens is 1. The van der Waals surface area contributed by atoms with E-state index in [2.05, 4.69) is 26.2 Å². The van der Waals surface area contributed by atoms with E-state index in [4.69, 9.17) is 4.74 Å². The highest BCUT2D eigenvalue weighted by Gasteiger charge is 2.29. The maximum atomic E-state index is 12.7. The van der Waals surface area contributed by atoms with Crippen molar-refractivity contribution in [3.8, 4) is 5.75 Å². The molecule has 1 aliphatic rings. The predicted octanol–water partition coefficient (Wildman–Crippen LogP) is 3.33. The van der Waals surface area contributed by atoms with Crippen molar-refractivity contribution in [2.45, 2.75) is 26.7 Å². The van der Waals surface area contributed by atoms with E-state index >= 15 is 0 Å². The number of carbonyl (C=O) groups is 2. The Balaban J connectivity index is 1.83. The quantitative estimate of drug-likeness (QED) is 0.757. The number of nitrogens with one attached hydrogen (secondary N) is 1. The molecule has 136 valence electrons. The summed E-state index contributed by atoms with van der Waals surface area (Å²) in [5.41, 5.74) is 2.99. The number of aromatic nitrogens is 1. The molecule has 1 aliphatic heterocycles. The first-order chi connectivity index (χ1) is 12.5. The second kappa shape index (κ2) is 7.86. The van der Waals surface area contributed by atoms with E-state index in [9.17, 15) is 9.59 Å². The Morgan fingerprint density at radius 1 is 1.23 bits per heavy atom. The third-order valence-corrected chi connectivity index (χ3v) is 4.72. The van der Waals surface area contributed by atoms with Gasteiger partial charge in [-0.25, -0.2) is 4.98 Å². The molecule has 0 radical (unpaired) electrons. The van der Waals surface area contributed by atoms with Gasteiger partial charge < -0.3 is 10.1 Å². The lowest BCUT2D eigenvalue weighted by Gasteiger charge is -2.28. The highest BCUT2D eigenvalue weighted by atomic mass is 79.9. The molecule has 2 heterocycles. The molecule has 3 rings (SSSR count). The molecule has 0 aliphatic carbocycles. The smallest absolute Gasteiger partial charge is 0.266 e. The maximum Gasteiger partial charge on any atom is 0.266 e. The van der Waals surface area contributed by atoms with E-state index in [-0.39, 0.29) is 25.0 Å². The Bertz CT molecular complexity index is 832. The van der Waals surface area contributed by atoms with Crippen molar-refractivity contribution in [3.63, 3.8) is 0 Å². The van der Waals surface area contributed by atoms with Gasteiger partial charge in [-0.3, -0.25) is 14.5 Å². The maximum absolute atomic E-state index is 12.7. The highest BCUT2D eigenvalue weighted by molar-refractivity contribution is 9.10. The number of nitrogens with zero attached hydrogens (tertiary/aromatic N) is 2. The number of para-hydroxylation sites is 1. The summed E-state index contributed by atoms with van der Waals surface area (Å²) < 4.78 is 5.96. The molecule has 7 heteroatoms. The molecule has 2 aromatic rings. The monoisotopic (exact) mass is 417 g/mol. The van der Waals surface area contributed by atoms with Crippen molar-refractivity contribution < 1.29 is 14.3 Å². The van der Waals surface area contributed by atoms with Gasteiger partial charge in [-0.1, -0.05) is 32.0 Å². The summed E-state index contributed by atoms with van der Waals surface area (Å²) in [5.74, 6) is 0.287. The van der Waals surface area contributed by atoms with Gasteiger partial charge in [-0.15, -0.1) is 0 Å². The number of fused-ring (bicyclic) bond motifs is 1. The average Bonchev–Trinajstić information content (AvgIpc) is 2.64. The van der Waals surface area contributed by atoms with Gasteiger partial charge in [0.15, 0.2) is 18.2 Å². The lowest BCUT2D eigenvalue weighted by Crippen LogP contribution is -2.44. The van der Waals surface area contributed by atoms with E-state index < -0.39 is 0 Å². The fraction of sp³-hybridized carbons (Fsp3) is 0.316. The number of pyridine rings is 1. The van der Waals surface area contributed by atoms with Crippen LogP contribution in [0.25, 0.3) is 0 Å². The van der Waals surface area contributed by atoms with Gasteiger partial charge in [0, 0.05) is 5.69 Å². The Morgan fingerprint density at radius 3 is 2.58 bits per heavy atom. The molecule has 6 nitrogen and oxygen atoms in total. The van der Waals surface area contributed by atoms with Gasteiger partial charge in [0.05, 0.1) is 0 Å². The SMILES string of the molecule is CCc1cccc(CC)c1NC(=O)CN1C(=O)COc2ccc(Br)nc21. The van der Waals surface area contributed by atoms with Crippen LogP contribution in [0.1, 0.15) is 25.0 Å². The number of amides is 2. The number of hydrogen-bond acceptors (Lipinski definition) is 4. The molecule has 0 atom stereocenters. The van der Waals surface area contributed by atoms with E-state index in [0.29, 0.717) is 16.2 Å². The molecule has 0 spiro atoms. The summed E-state index contributed by atoms with van der Waals surface area (Å²) in [4.78, 5) is 30.6. The summed E-state index contributed by atoms with van der Waals surface area (Å²) in [5, 5.41) is 2.98. The first-order valence-corrected chi connectivity index (χ1v) is 9.33. The third kappa shape index (κ3) is 3.72. The first kappa shape index (κ1) is 18.4. The number of rotatable bonds is 5. The van der Waals surface area contributed by atoms with E-state index in [0.717, 1.165) is 29.7 Å². The van der Waals surface area contributed by atoms with Crippen LogP contribution in [-0.2, 0) is 22.4 Å². The van der Waals surface area contributed by atoms with Crippen molar-refractivity contribution in [2.24, 2.45) is 0 Å². The molecule has 1 N–H and O–H groups in total. The second-order valence-corrected chi connectivity index (χ2v) is 6.74. The van der Waals surface area contributed by atoms with Crippen LogP contribution in [0.15, 0.2) is 34.9 Å². The number of ether oxygens (including phenoxy) is 1. The van der Waals surface area contributed by atoms with Gasteiger partial charge in [-0.2, -0.15) is 0 Å². The third-order valence-electron chi connectivity index (χ3n) is 4.28. The molecule has 0 saturated heterocycles. The molecule has 26 heavy (non-hydrogen) atoms. The zero-order valence-corrected chi connectivity index (χ0v) is 16.3. The molecular formula is C19H20BrN3O3. The summed E-state index contributed by atoms with van der Waals surface area (Å²) in [6.45, 7) is 3.89. The predicted molar refractivity (Wildman–Crippen MR) is 104 cm³/mol. The number of benzene rings is 1. The van der Waals surface area contributed by atoms with Crippen molar-refractivity contribution in [2.75, 3.05) is 23.4 Å². The van der Waals surface area contributed by atoms with Gasteiger partial charge in [0.2, 0.25) is 5.91 Å². The topological polar surface area (TPSA) is 71.5 Å². The normalized spacial score (nSPS) is 13.2. The van der Waals surface area contributed by atoms with Crippen molar-refractivity contribution in [1.29, 1.82) is 0 Å². The molecule has 2 amide bonds. The second-order valence-electron chi connectivity index (χ2n) is 5.93. The number of carbonyl (C=O) groups excluding carboxylic acids is 2. The van der Waals surface area contributed by atoms with Gasteiger partial charge in [0.1, 0.15) is 11.1 Å². The molecule has 0 bridgehead atoms. The lowest BCUT2D eigenvalue weighted by molar-refractivity contribution is -0.123. The Labute approximate surface area is 160 Å². The van der Waals surface area contributed by atoms with Crippen LogP contribution in [0.4, 0.5) is 11.5 Å². The van der Waals surface area contributed by atoms with E-state index in [1.165, 1.54) is 4.90 Å². The van der Waals surface area contributed by atoms with Crippen LogP contribution in [-0.4, -0.2) is 29.9 Å². The van der Waals surface area contributed by atoms with Crippen LogP contribution in [0.3, 0.4) is 0 Å². The molecule has 1 aromatic carbocycles. The summed E-state index contributed by atoms with van der Waals surface area (Å²) in [7, 11) is 0. The minimum Gasteiger partial charge on any atom is -0.480 e. The minimum atomic E-state index is -0.294. The fourth-order valence-corrected chi connectivity index (χ4v) is 3.24. The van der Waals surface area contributed by atoms with Gasteiger partial charge in [0.25, 0.3) is 5.91 Å². The van der Waals surface area contributed by atoms with Crippen LogP contribution in [0.5, 0.6) is 5.75 Å². The van der Waals surface area contributed by atoms with E-state index in [1.807, 2.05) is 32.0 Å². The summed E-state index contributed by atoms with van der Waals surface area (Å²) in [6, 6.07) is 9.46. The number of hydrogen-bond donors (Lipinski definition) is 1. The van der Waals surface area contributed by atoms with E-state index in [1.54, 1.807) is 12.1 Å².